The van der Waals surface area contributed by atoms with Crippen LogP contribution in [0.5, 0.6) is 0 Å². The van der Waals surface area contributed by atoms with Gasteiger partial charge in [0.2, 0.25) is 29.7 Å². The van der Waals surface area contributed by atoms with E-state index in [0.29, 0.717) is 97.6 Å². The lowest BCUT2D eigenvalue weighted by atomic mass is 10.2. The number of anilines is 5. The molecule has 0 saturated heterocycles. The van der Waals surface area contributed by atoms with E-state index in [1.54, 1.807) is 140 Å². The summed E-state index contributed by atoms with van der Waals surface area (Å²) >= 11 is 0. The summed E-state index contributed by atoms with van der Waals surface area (Å²) in [7, 11) is 9.16. The number of imidazole rings is 5. The highest BCUT2D eigenvalue weighted by Gasteiger charge is 2.15. The fourth-order valence-electron chi connectivity index (χ4n) is 10.0. The summed E-state index contributed by atoms with van der Waals surface area (Å²) in [6, 6.07) is 42.0. The number of hydrazone groups is 5. The zero-order valence-corrected chi connectivity index (χ0v) is 58.5. The van der Waals surface area contributed by atoms with Crippen molar-refractivity contribution < 1.29 is 26.3 Å². The zero-order chi connectivity index (χ0) is 75.7. The van der Waals surface area contributed by atoms with Gasteiger partial charge in [0.15, 0.2) is 11.5 Å². The number of fused-ring (bicyclic) bond motifs is 5. The highest BCUT2D eigenvalue weighted by Crippen LogP contribution is 2.24. The van der Waals surface area contributed by atoms with Gasteiger partial charge in [0, 0.05) is 84.3 Å². The fourth-order valence-corrected chi connectivity index (χ4v) is 10.0. The Hall–Kier alpha value is -14.5. The predicted molar refractivity (Wildman–Crippen MR) is 399 cm³/mol. The van der Waals surface area contributed by atoms with Gasteiger partial charge in [-0.15, -0.1) is 0 Å². The van der Waals surface area contributed by atoms with E-state index >= 15 is 0 Å². The summed E-state index contributed by atoms with van der Waals surface area (Å²) in [5.41, 5.74) is 26.6. The smallest absolute Gasteiger partial charge is 0.224 e. The third kappa shape index (κ3) is 18.4. The molecule has 0 unspecified atom stereocenters. The van der Waals surface area contributed by atoms with Crippen LogP contribution in [0.4, 0.5) is 56.1 Å². The van der Waals surface area contributed by atoms with Crippen LogP contribution in [-0.4, -0.2) is 111 Å². The van der Waals surface area contributed by atoms with Crippen molar-refractivity contribution in [1.82, 2.24) is 82.6 Å². The molecule has 107 heavy (non-hydrogen) atoms. The van der Waals surface area contributed by atoms with Crippen molar-refractivity contribution in [3.63, 3.8) is 0 Å². The fraction of sp³-hybridized carbons (Fsp3) is 0.123. The lowest BCUT2D eigenvalue weighted by Gasteiger charge is -2.03. The Morgan fingerprint density at radius 2 is 0.692 bits per heavy atom. The van der Waals surface area contributed by atoms with E-state index in [-0.39, 0.29) is 34.8 Å². The molecule has 538 valence electrons. The van der Waals surface area contributed by atoms with Gasteiger partial charge >= 0.3 is 0 Å². The van der Waals surface area contributed by atoms with Crippen molar-refractivity contribution in [3.05, 3.63) is 259 Å². The molecule has 15 rings (SSSR count). The van der Waals surface area contributed by atoms with Crippen molar-refractivity contribution in [2.45, 2.75) is 27.7 Å². The Morgan fingerprint density at radius 3 is 1.06 bits per heavy atom. The van der Waals surface area contributed by atoms with Crippen LogP contribution in [0, 0.1) is 46.2 Å². The molecule has 0 radical (unpaired) electrons. The SMILES string of the molecule is C/C(=N\Nc1nc2cc(F)ccc2n1C)c1ccc(F)cn1.C/C(=N\Nc1nc2cc(F)ccc2n1C)c1ccncn1.C/C(=N\Nc1nc2cc(F)ccc2n1C)c1ncccn1.C/C(=N\Nc1nc2ccccc2n1C)c1ccc(F)cn1.Cn1c(N/N=C(\C#N)c2ccccn2)nc2cc(F)ccc21. The van der Waals surface area contributed by atoms with Crippen molar-refractivity contribution in [3.8, 4) is 6.07 Å². The van der Waals surface area contributed by atoms with Crippen molar-refractivity contribution >= 4 is 113 Å². The van der Waals surface area contributed by atoms with Gasteiger partial charge in [-0.3, -0.25) is 15.0 Å². The summed E-state index contributed by atoms with van der Waals surface area (Å²) in [6.45, 7) is 7.17. The Balaban J connectivity index is 0.000000133. The first kappa shape index (κ1) is 73.7. The molecule has 5 N–H and O–H groups in total. The van der Waals surface area contributed by atoms with Crippen molar-refractivity contribution in [2.75, 3.05) is 27.1 Å². The van der Waals surface area contributed by atoms with Gasteiger partial charge in [0.25, 0.3) is 0 Å². The van der Waals surface area contributed by atoms with E-state index < -0.39 is 5.82 Å². The first-order chi connectivity index (χ1) is 51.7. The number of para-hydroxylation sites is 2. The number of nitrogens with zero attached hydrogens (tertiary/aromatic N) is 23. The molecule has 0 aliphatic carbocycles. The van der Waals surface area contributed by atoms with Gasteiger partial charge in [-0.25, -0.2) is 98.3 Å². The summed E-state index contributed by atoms with van der Waals surface area (Å²) < 4.78 is 87.5. The number of pyridine rings is 3. The van der Waals surface area contributed by atoms with Crippen molar-refractivity contribution in [1.29, 1.82) is 5.26 Å². The third-order valence-corrected chi connectivity index (χ3v) is 15.8. The number of nitrogens with one attached hydrogen (secondary N) is 5. The largest absolute Gasteiger partial charge is 0.312 e. The van der Waals surface area contributed by atoms with Crippen LogP contribution >= 0.6 is 0 Å². The van der Waals surface area contributed by atoms with Gasteiger partial charge in [-0.05, 0) is 137 Å². The predicted octanol–water partition coefficient (Wildman–Crippen LogP) is 13.2. The van der Waals surface area contributed by atoms with E-state index in [1.165, 1.54) is 73.2 Å². The van der Waals surface area contributed by atoms with E-state index in [2.05, 4.69) is 112 Å². The quantitative estimate of drug-likeness (QED) is 0.0362. The molecule has 0 atom stereocenters. The molecule has 10 aromatic heterocycles. The third-order valence-electron chi connectivity index (χ3n) is 15.8. The minimum absolute atomic E-state index is 0.138. The number of hydrogen-bond acceptors (Lipinski definition) is 23. The Bertz CT molecular complexity index is 5690. The molecule has 15 aromatic rings. The highest BCUT2D eigenvalue weighted by atomic mass is 19.1. The maximum Gasteiger partial charge on any atom is 0.224 e. The van der Waals surface area contributed by atoms with Crippen LogP contribution in [-0.2, 0) is 35.2 Å². The number of nitriles is 1. The molecule has 0 fully saturated rings. The standard InChI is InChI=1S/C15H13F2N5.C15H11FN6.C15H14FN5.2C14H13FN6/c1-9(12-5-3-11(17)8-18-12)20-21-15-19-13-7-10(16)4-6-14(13)22(15)2;1-22-14-6-5-10(16)8-12(14)19-15(22)21-20-13(9-17)11-4-2-3-7-18-11;1-10(12-8-7-11(16)9-17-12)19-20-15-18-13-5-3-4-6-14(13)21(15)2;1-9(13-16-6-3-7-17-13)19-20-14-18-11-8-10(15)4-5-12(11)21(14)2;1-9(11-5-6-16-8-17-11)19-20-14-18-12-7-10(15)3-4-13(12)21(14)2/h3-8H,1-2H3,(H,19,21);2-8H,1H3,(H,19,21);3-9H,1-2H3,(H,18,20);2*3-8H,1-2H3,(H,18,20)/b20-9+;20-13+;19-10+;2*19-9+. The Labute approximate surface area is 605 Å². The number of hydrogen-bond donors (Lipinski definition) is 5. The Kier molecular flexibility index (Phi) is 23.4. The minimum atomic E-state index is -0.401. The first-order valence-corrected chi connectivity index (χ1v) is 32.2. The second-order valence-electron chi connectivity index (χ2n) is 23.0. The molecule has 5 aromatic carbocycles. The summed E-state index contributed by atoms with van der Waals surface area (Å²) in [4.78, 5) is 49.8. The molecule has 0 amide bonds. The van der Waals surface area contributed by atoms with Crippen LogP contribution < -0.4 is 27.1 Å². The summed E-state index contributed by atoms with van der Waals surface area (Å²) in [6.07, 6.45) is 10.3. The second kappa shape index (κ2) is 34.0. The van der Waals surface area contributed by atoms with Crippen LogP contribution in [0.15, 0.2) is 221 Å². The zero-order valence-electron chi connectivity index (χ0n) is 58.5. The minimum Gasteiger partial charge on any atom is -0.312 e. The van der Waals surface area contributed by atoms with Gasteiger partial charge in [-0.1, -0.05) is 18.2 Å². The van der Waals surface area contributed by atoms with E-state index in [9.17, 15) is 26.3 Å². The number of rotatable bonds is 15. The van der Waals surface area contributed by atoms with E-state index in [1.807, 2.05) is 67.5 Å². The lowest BCUT2D eigenvalue weighted by Crippen LogP contribution is -2.06. The second-order valence-corrected chi connectivity index (χ2v) is 23.0. The average molecular weight is 1450 g/mol. The molecular weight excluding hydrogens is 1380 g/mol. The number of benzene rings is 5. The monoisotopic (exact) mass is 1450 g/mol. The average Bonchev–Trinajstić information content (AvgIpc) is 1.69. The van der Waals surface area contributed by atoms with Crippen LogP contribution in [0.2, 0.25) is 0 Å². The molecule has 28 nitrogen and oxygen atoms in total. The molecule has 0 aliphatic rings. The normalized spacial score (nSPS) is 11.8. The van der Waals surface area contributed by atoms with Gasteiger partial charge < -0.3 is 22.8 Å². The number of halogens is 6. The van der Waals surface area contributed by atoms with E-state index in [4.69, 9.17) is 5.26 Å². The lowest BCUT2D eigenvalue weighted by molar-refractivity contribution is 0.620. The topological polar surface area (TPSA) is 325 Å². The highest BCUT2D eigenvalue weighted by molar-refractivity contribution is 6.10. The molecule has 0 aliphatic heterocycles. The van der Waals surface area contributed by atoms with Crippen LogP contribution in [0.1, 0.15) is 56.3 Å². The van der Waals surface area contributed by atoms with Crippen LogP contribution in [0.25, 0.3) is 55.2 Å². The summed E-state index contributed by atoms with van der Waals surface area (Å²) in [5.74, 6) is 1.02. The maximum absolute atomic E-state index is 13.2. The van der Waals surface area contributed by atoms with Gasteiger partial charge in [0.1, 0.15) is 58.7 Å². The van der Waals surface area contributed by atoms with Crippen LogP contribution in [0.3, 0.4) is 0 Å². The molecule has 10 heterocycles. The first-order valence-electron chi connectivity index (χ1n) is 32.2. The molecule has 34 heteroatoms. The number of aromatic nitrogens is 17. The van der Waals surface area contributed by atoms with Gasteiger partial charge in [-0.2, -0.15) is 30.8 Å². The molecule has 0 spiro atoms. The molecular formula is C73H64F6N28. The molecule has 0 bridgehead atoms. The molecule has 0 saturated carbocycles. The van der Waals surface area contributed by atoms with Crippen molar-refractivity contribution in [2.24, 2.45) is 60.7 Å². The van der Waals surface area contributed by atoms with E-state index in [0.717, 1.165) is 45.0 Å². The number of aryl methyl sites for hydroxylation is 5. The Morgan fingerprint density at radius 1 is 0.336 bits per heavy atom. The summed E-state index contributed by atoms with van der Waals surface area (Å²) in [5, 5.41) is 30.1. The maximum atomic E-state index is 13.2. The van der Waals surface area contributed by atoms with Gasteiger partial charge in [0.05, 0.1) is 102 Å².